The van der Waals surface area contributed by atoms with Crippen LogP contribution in [0, 0.1) is 0 Å². The molecule has 1 saturated heterocycles. The SMILES string of the molecule is CC1CN(Cc2cccc(OCc3ccccn3)c2)CCN1.Cl. The Labute approximate surface area is 144 Å². The van der Waals surface area contributed by atoms with Crippen LogP contribution in [0.4, 0.5) is 0 Å². The summed E-state index contributed by atoms with van der Waals surface area (Å²) >= 11 is 0. The van der Waals surface area contributed by atoms with E-state index in [4.69, 9.17) is 4.74 Å². The van der Waals surface area contributed by atoms with E-state index in [0.29, 0.717) is 12.6 Å². The lowest BCUT2D eigenvalue weighted by Gasteiger charge is -2.31. The van der Waals surface area contributed by atoms with Crippen molar-refractivity contribution in [2.45, 2.75) is 26.1 Å². The Balaban J connectivity index is 0.00000192. The fraction of sp³-hybridized carbons (Fsp3) is 0.389. The van der Waals surface area contributed by atoms with Gasteiger partial charge in [0, 0.05) is 38.4 Å². The quantitative estimate of drug-likeness (QED) is 0.913. The normalized spacial score (nSPS) is 18.2. The van der Waals surface area contributed by atoms with Gasteiger partial charge in [0.1, 0.15) is 12.4 Å². The first kappa shape index (κ1) is 17.7. The number of hydrogen-bond donors (Lipinski definition) is 1. The van der Waals surface area contributed by atoms with Crippen LogP contribution in [0.2, 0.25) is 0 Å². The molecule has 124 valence electrons. The number of halogens is 1. The third-order valence-electron chi connectivity index (χ3n) is 3.87. The molecule has 1 aliphatic rings. The van der Waals surface area contributed by atoms with E-state index in [0.717, 1.165) is 37.6 Å². The van der Waals surface area contributed by atoms with Crippen molar-refractivity contribution in [1.29, 1.82) is 0 Å². The van der Waals surface area contributed by atoms with E-state index < -0.39 is 0 Å². The molecule has 4 nitrogen and oxygen atoms in total. The second-order valence-electron chi connectivity index (χ2n) is 5.85. The van der Waals surface area contributed by atoms with E-state index in [1.807, 2.05) is 24.3 Å². The molecule has 0 bridgehead atoms. The van der Waals surface area contributed by atoms with Gasteiger partial charge in [0.15, 0.2) is 0 Å². The highest BCUT2D eigenvalue weighted by molar-refractivity contribution is 5.85. The van der Waals surface area contributed by atoms with Crippen molar-refractivity contribution in [1.82, 2.24) is 15.2 Å². The minimum Gasteiger partial charge on any atom is -0.487 e. The number of nitrogens with zero attached hydrogens (tertiary/aromatic N) is 2. The molecule has 0 saturated carbocycles. The van der Waals surface area contributed by atoms with Crippen LogP contribution in [0.1, 0.15) is 18.2 Å². The minimum absolute atomic E-state index is 0. The van der Waals surface area contributed by atoms with E-state index in [-0.39, 0.29) is 12.4 Å². The average Bonchev–Trinajstić information content (AvgIpc) is 2.54. The number of pyridine rings is 1. The zero-order chi connectivity index (χ0) is 15.2. The van der Waals surface area contributed by atoms with Gasteiger partial charge in [-0.3, -0.25) is 9.88 Å². The van der Waals surface area contributed by atoms with Gasteiger partial charge < -0.3 is 10.1 Å². The van der Waals surface area contributed by atoms with Crippen molar-refractivity contribution in [2.24, 2.45) is 0 Å². The first-order valence-corrected chi connectivity index (χ1v) is 7.87. The maximum atomic E-state index is 5.85. The van der Waals surface area contributed by atoms with Gasteiger partial charge in [0.25, 0.3) is 0 Å². The van der Waals surface area contributed by atoms with Gasteiger partial charge in [-0.25, -0.2) is 0 Å². The number of nitrogens with one attached hydrogen (secondary N) is 1. The van der Waals surface area contributed by atoms with E-state index in [1.54, 1.807) is 6.20 Å². The summed E-state index contributed by atoms with van der Waals surface area (Å²) in [4.78, 5) is 6.76. The van der Waals surface area contributed by atoms with Gasteiger partial charge in [-0.2, -0.15) is 0 Å². The van der Waals surface area contributed by atoms with Crippen molar-refractivity contribution >= 4 is 12.4 Å². The molecule has 1 fully saturated rings. The van der Waals surface area contributed by atoms with E-state index in [9.17, 15) is 0 Å². The molecular formula is C18H24ClN3O. The van der Waals surface area contributed by atoms with Crippen molar-refractivity contribution in [3.05, 3.63) is 59.9 Å². The summed E-state index contributed by atoms with van der Waals surface area (Å²) in [7, 11) is 0. The molecular weight excluding hydrogens is 310 g/mol. The van der Waals surface area contributed by atoms with Crippen LogP contribution in [0.15, 0.2) is 48.7 Å². The lowest BCUT2D eigenvalue weighted by atomic mass is 10.1. The summed E-state index contributed by atoms with van der Waals surface area (Å²) in [6.07, 6.45) is 1.79. The highest BCUT2D eigenvalue weighted by atomic mass is 35.5. The van der Waals surface area contributed by atoms with E-state index >= 15 is 0 Å². The second kappa shape index (κ2) is 8.87. The van der Waals surface area contributed by atoms with Gasteiger partial charge >= 0.3 is 0 Å². The first-order valence-electron chi connectivity index (χ1n) is 7.87. The number of aromatic nitrogens is 1. The monoisotopic (exact) mass is 333 g/mol. The summed E-state index contributed by atoms with van der Waals surface area (Å²) in [6.45, 7) is 6.99. The minimum atomic E-state index is 0. The summed E-state index contributed by atoms with van der Waals surface area (Å²) in [5.41, 5.74) is 2.25. The molecule has 1 aromatic heterocycles. The van der Waals surface area contributed by atoms with E-state index in [1.165, 1.54) is 5.56 Å². The van der Waals surface area contributed by atoms with Gasteiger partial charge in [-0.05, 0) is 36.8 Å². The highest BCUT2D eigenvalue weighted by Crippen LogP contribution is 2.17. The molecule has 1 aliphatic heterocycles. The predicted octanol–water partition coefficient (Wildman–Crippen LogP) is 2.88. The van der Waals surface area contributed by atoms with Gasteiger partial charge in [-0.15, -0.1) is 12.4 Å². The average molecular weight is 334 g/mol. The zero-order valence-corrected chi connectivity index (χ0v) is 14.3. The first-order chi connectivity index (χ1) is 10.8. The molecule has 2 heterocycles. The second-order valence-corrected chi connectivity index (χ2v) is 5.85. The summed E-state index contributed by atoms with van der Waals surface area (Å²) in [6, 6.07) is 14.8. The van der Waals surface area contributed by atoms with Crippen LogP contribution in [0.3, 0.4) is 0 Å². The van der Waals surface area contributed by atoms with Crippen LogP contribution in [0.5, 0.6) is 5.75 Å². The van der Waals surface area contributed by atoms with Gasteiger partial charge in [0.05, 0.1) is 5.69 Å². The summed E-state index contributed by atoms with van der Waals surface area (Å²) < 4.78 is 5.85. The van der Waals surface area contributed by atoms with Crippen molar-refractivity contribution in [2.75, 3.05) is 19.6 Å². The Bertz CT molecular complexity index is 594. The zero-order valence-electron chi connectivity index (χ0n) is 13.4. The third-order valence-corrected chi connectivity index (χ3v) is 3.87. The lowest BCUT2D eigenvalue weighted by Crippen LogP contribution is -2.48. The van der Waals surface area contributed by atoms with Crippen molar-refractivity contribution in [3.63, 3.8) is 0 Å². The Morgan fingerprint density at radius 1 is 1.26 bits per heavy atom. The number of benzene rings is 1. The van der Waals surface area contributed by atoms with E-state index in [2.05, 4.69) is 40.3 Å². The van der Waals surface area contributed by atoms with Crippen LogP contribution in [0.25, 0.3) is 0 Å². The molecule has 3 rings (SSSR count). The predicted molar refractivity (Wildman–Crippen MR) is 95.0 cm³/mol. The molecule has 0 radical (unpaired) electrons. The van der Waals surface area contributed by atoms with Crippen LogP contribution < -0.4 is 10.1 Å². The molecule has 2 aromatic rings. The molecule has 1 atom stereocenters. The third kappa shape index (κ3) is 5.50. The topological polar surface area (TPSA) is 37.4 Å². The molecule has 1 N–H and O–H groups in total. The van der Waals surface area contributed by atoms with Crippen LogP contribution >= 0.6 is 12.4 Å². The molecule has 0 aliphatic carbocycles. The Morgan fingerprint density at radius 2 is 2.17 bits per heavy atom. The molecule has 1 unspecified atom stereocenters. The largest absolute Gasteiger partial charge is 0.487 e. The Kier molecular flexibility index (Phi) is 6.84. The van der Waals surface area contributed by atoms with Crippen molar-refractivity contribution < 1.29 is 4.74 Å². The molecule has 23 heavy (non-hydrogen) atoms. The maximum Gasteiger partial charge on any atom is 0.130 e. The molecule has 5 heteroatoms. The van der Waals surface area contributed by atoms with Gasteiger partial charge in [-0.1, -0.05) is 18.2 Å². The van der Waals surface area contributed by atoms with Crippen LogP contribution in [-0.2, 0) is 13.2 Å². The molecule has 1 aromatic carbocycles. The number of hydrogen-bond acceptors (Lipinski definition) is 4. The highest BCUT2D eigenvalue weighted by Gasteiger charge is 2.15. The molecule has 0 spiro atoms. The van der Waals surface area contributed by atoms with Crippen LogP contribution in [-0.4, -0.2) is 35.6 Å². The standard InChI is InChI=1S/C18H23N3O.ClH/c1-15-12-21(10-9-19-15)13-16-5-4-7-18(11-16)22-14-17-6-2-3-8-20-17;/h2-8,11,15,19H,9-10,12-14H2,1H3;1H. The number of rotatable bonds is 5. The maximum absolute atomic E-state index is 5.85. The Hall–Kier alpha value is -1.62. The molecule has 0 amide bonds. The van der Waals surface area contributed by atoms with Gasteiger partial charge in [0.2, 0.25) is 0 Å². The summed E-state index contributed by atoms with van der Waals surface area (Å²) in [5, 5.41) is 3.47. The Morgan fingerprint density at radius 3 is 2.96 bits per heavy atom. The fourth-order valence-electron chi connectivity index (χ4n) is 2.79. The number of piperazine rings is 1. The fourth-order valence-corrected chi connectivity index (χ4v) is 2.79. The summed E-state index contributed by atoms with van der Waals surface area (Å²) in [5.74, 6) is 0.909. The lowest BCUT2D eigenvalue weighted by molar-refractivity contribution is 0.199. The number of ether oxygens (including phenoxy) is 1. The smallest absolute Gasteiger partial charge is 0.130 e. The van der Waals surface area contributed by atoms with Crippen molar-refractivity contribution in [3.8, 4) is 5.75 Å².